The van der Waals surface area contributed by atoms with Gasteiger partial charge < -0.3 is 15.0 Å². The van der Waals surface area contributed by atoms with Gasteiger partial charge in [-0.25, -0.2) is 17.6 Å². The minimum atomic E-state index is -3.24. The first-order chi connectivity index (χ1) is 14.1. The molecule has 11 heteroatoms. The second kappa shape index (κ2) is 9.03. The third kappa shape index (κ3) is 5.19. The van der Waals surface area contributed by atoms with Crippen LogP contribution in [0.4, 0.5) is 20.6 Å². The number of halogens is 1. The van der Waals surface area contributed by atoms with Crippen molar-refractivity contribution in [1.29, 1.82) is 0 Å². The molecule has 2 saturated heterocycles. The molecule has 1 aromatic rings. The lowest BCUT2D eigenvalue weighted by Crippen LogP contribution is -2.48. The molecular weight excluding hydrogens is 431 g/mol. The second-order valence-electron chi connectivity index (χ2n) is 7.80. The molecule has 1 amide bonds. The Labute approximate surface area is 182 Å². The van der Waals surface area contributed by atoms with E-state index in [1.165, 1.54) is 21.5 Å². The lowest BCUT2D eigenvalue weighted by Gasteiger charge is -2.35. The number of nitrogens with zero attached hydrogens (tertiary/aromatic N) is 3. The smallest absolute Gasteiger partial charge is 0.414 e. The molecule has 8 nitrogen and oxygen atoms in total. The van der Waals surface area contributed by atoms with Crippen LogP contribution < -0.4 is 15.1 Å². The fraction of sp³-hybridized carbons (Fsp3) is 0.579. The molecule has 0 radical (unpaired) electrons. The van der Waals surface area contributed by atoms with E-state index < -0.39 is 21.9 Å². The van der Waals surface area contributed by atoms with Crippen LogP contribution in [0.15, 0.2) is 18.2 Å². The number of hydrogen-bond acceptors (Lipinski definition) is 6. The van der Waals surface area contributed by atoms with E-state index in [2.05, 4.69) is 5.32 Å². The molecule has 1 aromatic carbocycles. The number of sulfonamides is 1. The number of rotatable bonds is 6. The summed E-state index contributed by atoms with van der Waals surface area (Å²) in [4.78, 5) is 16.2. The van der Waals surface area contributed by atoms with Crippen LogP contribution in [0.1, 0.15) is 13.8 Å². The van der Waals surface area contributed by atoms with E-state index in [-0.39, 0.29) is 12.0 Å². The Balaban J connectivity index is 1.63. The van der Waals surface area contributed by atoms with Gasteiger partial charge in [0.1, 0.15) is 11.9 Å². The predicted octanol–water partition coefficient (Wildman–Crippen LogP) is 1.81. The zero-order valence-corrected chi connectivity index (χ0v) is 18.9. The summed E-state index contributed by atoms with van der Waals surface area (Å²) in [7, 11) is -3.24. The molecule has 1 unspecified atom stereocenters. The van der Waals surface area contributed by atoms with Crippen LogP contribution in [0.2, 0.25) is 0 Å². The van der Waals surface area contributed by atoms with Gasteiger partial charge in [-0.1, -0.05) is 26.1 Å². The van der Waals surface area contributed by atoms with E-state index in [0.29, 0.717) is 55.6 Å². The summed E-state index contributed by atoms with van der Waals surface area (Å²) in [6.07, 6.45) is 0.277. The molecule has 2 aliphatic heterocycles. The number of carbonyl (C=O) groups is 1. The monoisotopic (exact) mass is 458 g/mol. The van der Waals surface area contributed by atoms with Gasteiger partial charge in [-0.3, -0.25) is 4.90 Å². The molecule has 1 atom stereocenters. The Kier molecular flexibility index (Phi) is 6.83. The van der Waals surface area contributed by atoms with Crippen molar-refractivity contribution in [3.8, 4) is 0 Å². The van der Waals surface area contributed by atoms with Crippen molar-refractivity contribution in [2.75, 3.05) is 55.3 Å². The maximum absolute atomic E-state index is 14.8. The lowest BCUT2D eigenvalue weighted by molar-refractivity contribution is 0.143. The van der Waals surface area contributed by atoms with Crippen molar-refractivity contribution in [2.24, 2.45) is 5.92 Å². The lowest BCUT2D eigenvalue weighted by atomic mass is 10.2. The number of carbonyl (C=O) groups excluding carboxylic acids is 1. The third-order valence-corrected chi connectivity index (χ3v) is 7.11. The number of cyclic esters (lactones) is 1. The molecule has 30 heavy (non-hydrogen) atoms. The highest BCUT2D eigenvalue weighted by Crippen LogP contribution is 2.28. The summed E-state index contributed by atoms with van der Waals surface area (Å²) in [6.45, 7) is 6.10. The summed E-state index contributed by atoms with van der Waals surface area (Å²) in [6, 6.07) is 4.61. The number of ether oxygens (including phenoxy) is 1. The summed E-state index contributed by atoms with van der Waals surface area (Å²) in [5.41, 5.74) is 0.810. The van der Waals surface area contributed by atoms with Crippen LogP contribution in [0.5, 0.6) is 0 Å². The van der Waals surface area contributed by atoms with Gasteiger partial charge in [0.2, 0.25) is 10.0 Å². The van der Waals surface area contributed by atoms with Gasteiger partial charge in [0.05, 0.1) is 35.7 Å². The van der Waals surface area contributed by atoms with E-state index in [1.807, 2.05) is 18.7 Å². The molecule has 0 spiro atoms. The highest BCUT2D eigenvalue weighted by atomic mass is 32.2. The summed E-state index contributed by atoms with van der Waals surface area (Å²) in [5.74, 6) is -0.259. The standard InChI is InChI=1S/C19H27FN4O4S2/c1-13(2)18(29)21-11-15-12-24(19(25)28-15)14-4-5-17(16(20)10-14)22-6-8-23(9-7-22)30(3,26)27/h4-5,10,13,15H,6-9,11-12H2,1-3H3,(H,21,29). The molecule has 2 aliphatic rings. The number of amides is 1. The Morgan fingerprint density at radius 1 is 1.30 bits per heavy atom. The second-order valence-corrected chi connectivity index (χ2v) is 10.2. The Morgan fingerprint density at radius 2 is 1.97 bits per heavy atom. The number of benzene rings is 1. The minimum absolute atomic E-state index is 0.203. The van der Waals surface area contributed by atoms with E-state index in [0.717, 1.165) is 0 Å². The van der Waals surface area contributed by atoms with Crippen LogP contribution in [-0.2, 0) is 14.8 Å². The number of thiocarbonyl (C=S) groups is 1. The predicted molar refractivity (Wildman–Crippen MR) is 118 cm³/mol. The fourth-order valence-corrected chi connectivity index (χ4v) is 4.35. The Morgan fingerprint density at radius 3 is 2.53 bits per heavy atom. The highest BCUT2D eigenvalue weighted by Gasteiger charge is 2.33. The summed E-state index contributed by atoms with van der Waals surface area (Å²) in [5, 5.41) is 3.09. The van der Waals surface area contributed by atoms with Gasteiger partial charge in [-0.2, -0.15) is 4.31 Å². The van der Waals surface area contributed by atoms with E-state index in [4.69, 9.17) is 17.0 Å². The largest absolute Gasteiger partial charge is 0.442 e. The van der Waals surface area contributed by atoms with Crippen molar-refractivity contribution in [3.63, 3.8) is 0 Å². The summed E-state index contributed by atoms with van der Waals surface area (Å²) < 4.78 is 44.8. The van der Waals surface area contributed by atoms with Crippen molar-refractivity contribution < 1.29 is 22.3 Å². The van der Waals surface area contributed by atoms with Crippen LogP contribution in [-0.4, -0.2) is 75.4 Å². The average molecular weight is 459 g/mol. The number of piperazine rings is 1. The van der Waals surface area contributed by atoms with Crippen LogP contribution in [0.3, 0.4) is 0 Å². The van der Waals surface area contributed by atoms with Gasteiger partial charge >= 0.3 is 6.09 Å². The van der Waals surface area contributed by atoms with Crippen molar-refractivity contribution in [3.05, 3.63) is 24.0 Å². The Bertz CT molecular complexity index is 917. The van der Waals surface area contributed by atoms with Gasteiger partial charge in [0.25, 0.3) is 0 Å². The van der Waals surface area contributed by atoms with Gasteiger partial charge in [-0.05, 0) is 18.2 Å². The topological polar surface area (TPSA) is 82.2 Å². The van der Waals surface area contributed by atoms with Crippen LogP contribution in [0, 0.1) is 11.7 Å². The normalized spacial score (nSPS) is 20.6. The zero-order valence-electron chi connectivity index (χ0n) is 17.3. The number of hydrogen-bond donors (Lipinski definition) is 1. The molecule has 2 fully saturated rings. The fourth-order valence-electron chi connectivity index (χ4n) is 3.44. The molecule has 166 valence electrons. The zero-order chi connectivity index (χ0) is 22.1. The number of anilines is 2. The first-order valence-electron chi connectivity index (χ1n) is 9.81. The quantitative estimate of drug-likeness (QED) is 0.651. The van der Waals surface area contributed by atoms with Gasteiger partial charge in [0.15, 0.2) is 0 Å². The van der Waals surface area contributed by atoms with E-state index in [9.17, 15) is 17.6 Å². The average Bonchev–Trinajstić information content (AvgIpc) is 3.06. The van der Waals surface area contributed by atoms with Crippen molar-refractivity contribution >= 4 is 44.7 Å². The highest BCUT2D eigenvalue weighted by molar-refractivity contribution is 7.88. The molecular formula is C19H27FN4O4S2. The maximum Gasteiger partial charge on any atom is 0.414 e. The Hall–Kier alpha value is -1.98. The van der Waals surface area contributed by atoms with Crippen molar-refractivity contribution in [2.45, 2.75) is 20.0 Å². The van der Waals surface area contributed by atoms with Crippen LogP contribution >= 0.6 is 12.2 Å². The molecule has 0 aromatic heterocycles. The van der Waals surface area contributed by atoms with E-state index in [1.54, 1.807) is 12.1 Å². The van der Waals surface area contributed by atoms with Gasteiger partial charge in [-0.15, -0.1) is 0 Å². The first-order valence-corrected chi connectivity index (χ1v) is 12.1. The molecule has 0 saturated carbocycles. The molecule has 3 rings (SSSR count). The van der Waals surface area contributed by atoms with Crippen molar-refractivity contribution in [1.82, 2.24) is 9.62 Å². The summed E-state index contributed by atoms with van der Waals surface area (Å²) >= 11 is 5.23. The third-order valence-electron chi connectivity index (χ3n) is 5.19. The SMILES string of the molecule is CC(C)C(=S)NCC1CN(c2ccc(N3CCN(S(C)(=O)=O)CC3)c(F)c2)C(=O)O1. The first kappa shape index (κ1) is 22.7. The van der Waals surface area contributed by atoms with Gasteiger partial charge in [0, 0.05) is 32.1 Å². The molecule has 2 heterocycles. The van der Waals surface area contributed by atoms with Crippen LogP contribution in [0.25, 0.3) is 0 Å². The molecule has 1 N–H and O–H groups in total. The molecule has 0 bridgehead atoms. The minimum Gasteiger partial charge on any atom is -0.442 e. The van der Waals surface area contributed by atoms with E-state index >= 15 is 0 Å². The molecule has 0 aliphatic carbocycles. The number of nitrogens with one attached hydrogen (secondary N) is 1. The maximum atomic E-state index is 14.8.